The summed E-state index contributed by atoms with van der Waals surface area (Å²) in [5.74, 6) is -1.86. The fraction of sp³-hybridized carbons (Fsp3) is 0.538. The third-order valence-electron chi connectivity index (χ3n) is 3.24. The zero-order valence-corrected chi connectivity index (χ0v) is 10.8. The minimum atomic E-state index is -0.938. The van der Waals surface area contributed by atoms with Gasteiger partial charge in [0.1, 0.15) is 11.6 Å². The zero-order chi connectivity index (χ0) is 13.8. The summed E-state index contributed by atoms with van der Waals surface area (Å²) in [6.07, 6.45) is 2.78. The summed E-state index contributed by atoms with van der Waals surface area (Å²) >= 11 is 0. The lowest BCUT2D eigenvalue weighted by molar-refractivity contribution is -0.142. The Labute approximate surface area is 111 Å². The van der Waals surface area contributed by atoms with E-state index in [2.05, 4.69) is 5.32 Å². The van der Waals surface area contributed by atoms with Crippen molar-refractivity contribution >= 4 is 11.9 Å². The van der Waals surface area contributed by atoms with Crippen molar-refractivity contribution in [2.75, 3.05) is 13.2 Å². The van der Waals surface area contributed by atoms with Gasteiger partial charge in [-0.05, 0) is 18.6 Å². The monoisotopic (exact) mass is 266 g/mol. The molecule has 1 amide bonds. The highest BCUT2D eigenvalue weighted by Crippen LogP contribution is 2.15. The Morgan fingerprint density at radius 3 is 3.00 bits per heavy atom. The molecular formula is C13H18N2O4. The molecule has 2 N–H and O–H groups in total. The van der Waals surface area contributed by atoms with Gasteiger partial charge in [-0.2, -0.15) is 0 Å². The number of carboxylic acids is 1. The average Bonchev–Trinajstić information content (AvgIpc) is 2.98. The second-order valence-electron chi connectivity index (χ2n) is 4.65. The minimum absolute atomic E-state index is 0.149. The van der Waals surface area contributed by atoms with Gasteiger partial charge in [-0.3, -0.25) is 9.59 Å². The molecule has 19 heavy (non-hydrogen) atoms. The SMILES string of the molecule is CCCn1cccc1C(=O)NC1COCC1C(=O)O. The number of hydrogen-bond acceptors (Lipinski definition) is 3. The molecule has 1 aliphatic rings. The molecule has 1 aliphatic heterocycles. The molecule has 1 fully saturated rings. The number of hydrogen-bond donors (Lipinski definition) is 2. The number of aryl methyl sites for hydroxylation is 1. The van der Waals surface area contributed by atoms with Crippen LogP contribution in [0.25, 0.3) is 0 Å². The predicted octanol–water partition coefficient (Wildman–Crippen LogP) is 0.727. The van der Waals surface area contributed by atoms with E-state index in [-0.39, 0.29) is 19.1 Å². The standard InChI is InChI=1S/C13H18N2O4/c1-2-5-15-6-3-4-11(15)12(16)14-10-8-19-7-9(10)13(17)18/h3-4,6,9-10H,2,5,7-8H2,1H3,(H,14,16)(H,17,18). The summed E-state index contributed by atoms with van der Waals surface area (Å²) in [6, 6.07) is 3.08. The Balaban J connectivity index is 2.04. The molecule has 0 radical (unpaired) electrons. The fourth-order valence-electron chi connectivity index (χ4n) is 2.24. The van der Waals surface area contributed by atoms with E-state index in [9.17, 15) is 9.59 Å². The molecule has 2 unspecified atom stereocenters. The second-order valence-corrected chi connectivity index (χ2v) is 4.65. The molecule has 2 atom stereocenters. The van der Waals surface area contributed by atoms with E-state index in [1.807, 2.05) is 23.8 Å². The minimum Gasteiger partial charge on any atom is -0.481 e. The van der Waals surface area contributed by atoms with E-state index in [1.165, 1.54) is 0 Å². The first-order valence-corrected chi connectivity index (χ1v) is 6.40. The van der Waals surface area contributed by atoms with Gasteiger partial charge in [-0.25, -0.2) is 0 Å². The molecule has 1 aromatic heterocycles. The molecule has 6 nitrogen and oxygen atoms in total. The highest BCUT2D eigenvalue weighted by atomic mass is 16.5. The fourth-order valence-corrected chi connectivity index (χ4v) is 2.24. The van der Waals surface area contributed by atoms with Crippen LogP contribution in [0.5, 0.6) is 0 Å². The summed E-state index contributed by atoms with van der Waals surface area (Å²) < 4.78 is 6.99. The summed E-state index contributed by atoms with van der Waals surface area (Å²) in [5, 5.41) is 11.8. The number of carbonyl (C=O) groups is 2. The predicted molar refractivity (Wildman–Crippen MR) is 67.9 cm³/mol. The van der Waals surface area contributed by atoms with E-state index >= 15 is 0 Å². The zero-order valence-electron chi connectivity index (χ0n) is 10.8. The molecule has 0 aromatic carbocycles. The molecule has 6 heteroatoms. The first kappa shape index (κ1) is 13.6. The van der Waals surface area contributed by atoms with Crippen LogP contribution in [0.15, 0.2) is 18.3 Å². The topological polar surface area (TPSA) is 80.6 Å². The summed E-state index contributed by atoms with van der Waals surface area (Å²) in [4.78, 5) is 23.2. The summed E-state index contributed by atoms with van der Waals surface area (Å²) in [6.45, 7) is 3.19. The van der Waals surface area contributed by atoms with E-state index in [0.717, 1.165) is 13.0 Å². The normalized spacial score (nSPS) is 22.4. The van der Waals surface area contributed by atoms with Crippen LogP contribution in [0.4, 0.5) is 0 Å². The maximum absolute atomic E-state index is 12.1. The second kappa shape index (κ2) is 5.88. The van der Waals surface area contributed by atoms with Gasteiger partial charge in [-0.15, -0.1) is 0 Å². The van der Waals surface area contributed by atoms with Crippen LogP contribution in [0, 0.1) is 5.92 Å². The van der Waals surface area contributed by atoms with Crippen molar-refractivity contribution in [2.24, 2.45) is 5.92 Å². The molecule has 104 valence electrons. The van der Waals surface area contributed by atoms with Crippen LogP contribution >= 0.6 is 0 Å². The molecule has 2 heterocycles. The van der Waals surface area contributed by atoms with Crippen molar-refractivity contribution in [1.82, 2.24) is 9.88 Å². The molecule has 2 rings (SSSR count). The Kier molecular flexibility index (Phi) is 4.21. The lowest BCUT2D eigenvalue weighted by Gasteiger charge is -2.16. The molecular weight excluding hydrogens is 248 g/mol. The molecule has 0 saturated carbocycles. The van der Waals surface area contributed by atoms with Gasteiger partial charge in [0.2, 0.25) is 0 Å². The number of amides is 1. The van der Waals surface area contributed by atoms with E-state index in [4.69, 9.17) is 9.84 Å². The van der Waals surface area contributed by atoms with Crippen molar-refractivity contribution in [2.45, 2.75) is 25.9 Å². The average molecular weight is 266 g/mol. The van der Waals surface area contributed by atoms with E-state index < -0.39 is 17.9 Å². The number of ether oxygens (including phenoxy) is 1. The lowest BCUT2D eigenvalue weighted by Crippen LogP contribution is -2.43. The maximum Gasteiger partial charge on any atom is 0.311 e. The van der Waals surface area contributed by atoms with Gasteiger partial charge in [0, 0.05) is 12.7 Å². The van der Waals surface area contributed by atoms with Crippen LogP contribution in [0.2, 0.25) is 0 Å². The van der Waals surface area contributed by atoms with Crippen LogP contribution in [0.1, 0.15) is 23.8 Å². The van der Waals surface area contributed by atoms with Crippen molar-refractivity contribution in [3.63, 3.8) is 0 Å². The molecule has 1 saturated heterocycles. The molecule has 0 aliphatic carbocycles. The summed E-state index contributed by atoms with van der Waals surface area (Å²) in [7, 11) is 0. The maximum atomic E-state index is 12.1. The van der Waals surface area contributed by atoms with Crippen molar-refractivity contribution in [1.29, 1.82) is 0 Å². The van der Waals surface area contributed by atoms with Gasteiger partial charge in [-0.1, -0.05) is 6.92 Å². The highest BCUT2D eigenvalue weighted by molar-refractivity contribution is 5.93. The van der Waals surface area contributed by atoms with Crippen LogP contribution < -0.4 is 5.32 Å². The van der Waals surface area contributed by atoms with E-state index in [1.54, 1.807) is 6.07 Å². The molecule has 0 spiro atoms. The van der Waals surface area contributed by atoms with Crippen molar-refractivity contribution in [3.8, 4) is 0 Å². The first-order chi connectivity index (χ1) is 9.13. The van der Waals surface area contributed by atoms with Crippen molar-refractivity contribution < 1.29 is 19.4 Å². The summed E-state index contributed by atoms with van der Waals surface area (Å²) in [5.41, 5.74) is 0.554. The number of carbonyl (C=O) groups excluding carboxylic acids is 1. The van der Waals surface area contributed by atoms with Gasteiger partial charge in [0.25, 0.3) is 5.91 Å². The van der Waals surface area contributed by atoms with Crippen LogP contribution in [0.3, 0.4) is 0 Å². The van der Waals surface area contributed by atoms with Gasteiger partial charge in [0.15, 0.2) is 0 Å². The number of aromatic nitrogens is 1. The molecule has 0 bridgehead atoms. The number of nitrogens with one attached hydrogen (secondary N) is 1. The Bertz CT molecular complexity index is 469. The first-order valence-electron chi connectivity index (χ1n) is 6.40. The smallest absolute Gasteiger partial charge is 0.311 e. The third kappa shape index (κ3) is 2.96. The quantitative estimate of drug-likeness (QED) is 0.823. The van der Waals surface area contributed by atoms with Gasteiger partial charge < -0.3 is 19.7 Å². The number of aliphatic carboxylic acids is 1. The Morgan fingerprint density at radius 2 is 2.32 bits per heavy atom. The molecule has 1 aromatic rings. The Hall–Kier alpha value is -1.82. The van der Waals surface area contributed by atoms with Crippen LogP contribution in [-0.4, -0.2) is 40.8 Å². The van der Waals surface area contributed by atoms with Crippen LogP contribution in [-0.2, 0) is 16.1 Å². The van der Waals surface area contributed by atoms with Gasteiger partial charge >= 0.3 is 5.97 Å². The number of rotatable bonds is 5. The van der Waals surface area contributed by atoms with Crippen molar-refractivity contribution in [3.05, 3.63) is 24.0 Å². The van der Waals surface area contributed by atoms with E-state index in [0.29, 0.717) is 5.69 Å². The number of nitrogens with zero attached hydrogens (tertiary/aromatic N) is 1. The lowest BCUT2D eigenvalue weighted by atomic mass is 10.0. The highest BCUT2D eigenvalue weighted by Gasteiger charge is 2.35. The number of carboxylic acid groups (broad SMARTS) is 1. The van der Waals surface area contributed by atoms with Gasteiger partial charge in [0.05, 0.1) is 19.3 Å². The largest absolute Gasteiger partial charge is 0.481 e. The third-order valence-corrected chi connectivity index (χ3v) is 3.24. The Morgan fingerprint density at radius 1 is 1.53 bits per heavy atom.